The molecule has 1 atom stereocenters. The van der Waals surface area contributed by atoms with E-state index in [1.54, 1.807) is 53.2 Å². The molecule has 1 aliphatic rings. The van der Waals surface area contributed by atoms with Gasteiger partial charge in [0.25, 0.3) is 10.0 Å². The second-order valence-corrected chi connectivity index (χ2v) is 12.0. The smallest absolute Gasteiger partial charge is 0.340 e. The molecule has 1 saturated heterocycles. The number of nitrogens with one attached hydrogen (secondary N) is 1. The zero-order chi connectivity index (χ0) is 29.0. The number of halogens is 1. The lowest BCUT2D eigenvalue weighted by Crippen LogP contribution is -2.21. The fourth-order valence-corrected chi connectivity index (χ4v) is 6.30. The molecule has 0 aliphatic carbocycles. The first-order valence-electron chi connectivity index (χ1n) is 13.5. The molecule has 10 heteroatoms. The first-order valence-corrected chi connectivity index (χ1v) is 15.3. The lowest BCUT2D eigenvalue weighted by molar-refractivity contribution is 0.0505. The van der Waals surface area contributed by atoms with Gasteiger partial charge in [-0.1, -0.05) is 61.0 Å². The van der Waals surface area contributed by atoms with E-state index in [4.69, 9.17) is 21.1 Å². The molecule has 0 saturated carbocycles. The molecule has 214 valence electrons. The van der Waals surface area contributed by atoms with Crippen LogP contribution in [-0.4, -0.2) is 56.7 Å². The Bertz CT molecular complexity index is 1640. The van der Waals surface area contributed by atoms with Crippen molar-refractivity contribution in [2.45, 2.75) is 30.8 Å². The molecule has 1 aliphatic heterocycles. The van der Waals surface area contributed by atoms with Gasteiger partial charge in [-0.05, 0) is 55.8 Å². The molecule has 0 amide bonds. The molecule has 8 nitrogen and oxygen atoms in total. The van der Waals surface area contributed by atoms with Gasteiger partial charge in [-0.2, -0.15) is 0 Å². The molecule has 1 unspecified atom stereocenters. The maximum absolute atomic E-state index is 13.9. The number of anilines is 1. The number of carbonyl (C=O) groups is 1. The van der Waals surface area contributed by atoms with E-state index in [1.165, 1.54) is 6.07 Å². The van der Waals surface area contributed by atoms with Crippen LogP contribution in [-0.2, 0) is 14.8 Å². The summed E-state index contributed by atoms with van der Waals surface area (Å²) in [7, 11) is -2.06. The maximum atomic E-state index is 13.9. The third kappa shape index (κ3) is 6.43. The molecule has 3 aromatic carbocycles. The largest absolute Gasteiger partial charge is 0.487 e. The second kappa shape index (κ2) is 12.4. The van der Waals surface area contributed by atoms with Gasteiger partial charge in [-0.15, -0.1) is 0 Å². The fraction of sp³-hybridized carbons (Fsp3) is 0.258. The van der Waals surface area contributed by atoms with Gasteiger partial charge in [0.05, 0.1) is 34.3 Å². The molecule has 5 rings (SSSR count). The summed E-state index contributed by atoms with van der Waals surface area (Å²) in [5.74, 6) is -0.0487. The summed E-state index contributed by atoms with van der Waals surface area (Å²) < 4.78 is 43.7. The normalized spacial score (nSPS) is 15.5. The van der Waals surface area contributed by atoms with Crippen molar-refractivity contribution in [1.29, 1.82) is 0 Å². The van der Waals surface area contributed by atoms with E-state index in [2.05, 4.69) is 9.62 Å². The predicted molar refractivity (Wildman–Crippen MR) is 161 cm³/mol. The molecule has 0 spiro atoms. The summed E-state index contributed by atoms with van der Waals surface area (Å²) in [5, 5.41) is 0.408. The SMILES string of the molecule is CCCOC(=O)c1ccccc1-n1ccc(S(=O)(=O)Nc2ccc(Cl)c(OC3CCN(C)C3)c2)c1-c1ccccc1. The fourth-order valence-electron chi connectivity index (χ4n) is 4.88. The molecule has 1 aromatic heterocycles. The van der Waals surface area contributed by atoms with Crippen LogP contribution in [0, 0.1) is 0 Å². The topological polar surface area (TPSA) is 89.9 Å². The molecule has 41 heavy (non-hydrogen) atoms. The zero-order valence-electron chi connectivity index (χ0n) is 22.9. The summed E-state index contributed by atoms with van der Waals surface area (Å²) in [6, 6.07) is 22.5. The number of rotatable bonds is 10. The van der Waals surface area contributed by atoms with Crippen molar-refractivity contribution in [3.05, 3.63) is 95.6 Å². The monoisotopic (exact) mass is 593 g/mol. The van der Waals surface area contributed by atoms with Crippen LogP contribution >= 0.6 is 11.6 Å². The first kappa shape index (κ1) is 28.7. The Kier molecular flexibility index (Phi) is 8.68. The summed E-state index contributed by atoms with van der Waals surface area (Å²) in [6.45, 7) is 3.91. The van der Waals surface area contributed by atoms with Crippen molar-refractivity contribution in [3.8, 4) is 22.7 Å². The van der Waals surface area contributed by atoms with E-state index >= 15 is 0 Å². The van der Waals surface area contributed by atoms with E-state index in [-0.39, 0.29) is 17.6 Å². The van der Waals surface area contributed by atoms with Gasteiger partial charge in [0.15, 0.2) is 0 Å². The van der Waals surface area contributed by atoms with Crippen molar-refractivity contribution in [2.24, 2.45) is 0 Å². The minimum Gasteiger partial charge on any atom is -0.487 e. The van der Waals surface area contributed by atoms with Crippen molar-refractivity contribution >= 4 is 33.3 Å². The third-order valence-electron chi connectivity index (χ3n) is 6.83. The number of hydrogen-bond acceptors (Lipinski definition) is 6. The summed E-state index contributed by atoms with van der Waals surface area (Å²) in [4.78, 5) is 15.1. The van der Waals surface area contributed by atoms with Gasteiger partial charge in [-0.3, -0.25) is 4.72 Å². The lowest BCUT2D eigenvalue weighted by atomic mass is 10.1. The second-order valence-electron chi connectivity index (χ2n) is 9.96. The summed E-state index contributed by atoms with van der Waals surface area (Å²) >= 11 is 6.39. The van der Waals surface area contributed by atoms with Crippen LogP contribution < -0.4 is 9.46 Å². The number of aromatic nitrogens is 1. The molecule has 1 N–H and O–H groups in total. The Labute approximate surface area is 245 Å². The average Bonchev–Trinajstić information content (AvgIpc) is 3.60. The number of nitrogens with zero attached hydrogens (tertiary/aromatic N) is 2. The van der Waals surface area contributed by atoms with E-state index in [0.717, 1.165) is 19.5 Å². The van der Waals surface area contributed by atoms with Crippen LogP contribution in [0.25, 0.3) is 16.9 Å². The number of esters is 1. The minimum atomic E-state index is -4.09. The highest BCUT2D eigenvalue weighted by molar-refractivity contribution is 7.92. The molecule has 1 fully saturated rings. The maximum Gasteiger partial charge on any atom is 0.340 e. The standard InChI is InChI=1S/C31H32ClN3O5S/c1-3-19-39-31(36)25-11-7-8-12-27(25)35-18-16-29(30(35)22-9-5-4-6-10-22)41(37,38)33-23-13-14-26(32)28(20-23)40-24-15-17-34(2)21-24/h4-14,16,18,20,24,33H,3,15,17,19,21H2,1-2H3. The molecular formula is C31H32ClN3O5S. The number of sulfonamides is 1. The molecule has 0 bridgehead atoms. The predicted octanol–water partition coefficient (Wildman–Crippen LogP) is 6.25. The Balaban J connectivity index is 1.53. The molecular weight excluding hydrogens is 562 g/mol. The van der Waals surface area contributed by atoms with Gasteiger partial charge in [-0.25, -0.2) is 13.2 Å². The van der Waals surface area contributed by atoms with Crippen LogP contribution in [0.4, 0.5) is 5.69 Å². The van der Waals surface area contributed by atoms with Gasteiger partial charge in [0.2, 0.25) is 0 Å². The van der Waals surface area contributed by atoms with Crippen LogP contribution in [0.3, 0.4) is 0 Å². The number of ether oxygens (including phenoxy) is 2. The summed E-state index contributed by atoms with van der Waals surface area (Å²) in [6.07, 6.45) is 3.18. The zero-order valence-corrected chi connectivity index (χ0v) is 24.5. The van der Waals surface area contributed by atoms with Crippen molar-refractivity contribution in [3.63, 3.8) is 0 Å². The quantitative estimate of drug-likeness (QED) is 0.219. The highest BCUT2D eigenvalue weighted by Gasteiger charge is 2.27. The van der Waals surface area contributed by atoms with Gasteiger partial charge < -0.3 is 18.9 Å². The Morgan fingerprint density at radius 2 is 1.80 bits per heavy atom. The third-order valence-corrected chi connectivity index (χ3v) is 8.56. The number of carbonyl (C=O) groups excluding carboxylic acids is 1. The number of hydrogen-bond donors (Lipinski definition) is 1. The Morgan fingerprint density at radius 3 is 2.54 bits per heavy atom. The molecule has 0 radical (unpaired) electrons. The number of benzene rings is 3. The van der Waals surface area contributed by atoms with Crippen LogP contribution in [0.5, 0.6) is 5.75 Å². The number of likely N-dealkylation sites (N-methyl/N-ethyl adjacent to an activating group) is 1. The van der Waals surface area contributed by atoms with Gasteiger partial charge in [0, 0.05) is 25.4 Å². The van der Waals surface area contributed by atoms with Crippen molar-refractivity contribution in [1.82, 2.24) is 9.47 Å². The minimum absolute atomic E-state index is 0.0212. The Morgan fingerprint density at radius 1 is 1.05 bits per heavy atom. The lowest BCUT2D eigenvalue weighted by Gasteiger charge is -2.17. The molecule has 4 aromatic rings. The van der Waals surface area contributed by atoms with Crippen molar-refractivity contribution < 1.29 is 22.7 Å². The number of likely N-dealkylation sites (tertiary alicyclic amines) is 1. The van der Waals surface area contributed by atoms with Gasteiger partial charge >= 0.3 is 5.97 Å². The van der Waals surface area contributed by atoms with Crippen LogP contribution in [0.2, 0.25) is 5.02 Å². The highest BCUT2D eigenvalue weighted by atomic mass is 35.5. The summed E-state index contributed by atoms with van der Waals surface area (Å²) in [5.41, 5.74) is 2.25. The number of para-hydroxylation sites is 1. The van der Waals surface area contributed by atoms with E-state index in [9.17, 15) is 13.2 Å². The van der Waals surface area contributed by atoms with Crippen LogP contribution in [0.15, 0.2) is 90.0 Å². The first-order chi connectivity index (χ1) is 19.8. The highest BCUT2D eigenvalue weighted by Crippen LogP contribution is 2.35. The van der Waals surface area contributed by atoms with Crippen molar-refractivity contribution in [2.75, 3.05) is 31.5 Å². The van der Waals surface area contributed by atoms with Crippen LogP contribution in [0.1, 0.15) is 30.1 Å². The average molecular weight is 594 g/mol. The van der Waals surface area contributed by atoms with E-state index < -0.39 is 16.0 Å². The van der Waals surface area contributed by atoms with E-state index in [1.807, 2.05) is 44.3 Å². The molecule has 2 heterocycles. The van der Waals surface area contributed by atoms with Gasteiger partial charge in [0.1, 0.15) is 16.7 Å². The van der Waals surface area contributed by atoms with E-state index in [0.29, 0.717) is 45.4 Å². The Hall–Kier alpha value is -3.79.